The van der Waals surface area contributed by atoms with E-state index in [9.17, 15) is 4.79 Å². The van der Waals surface area contributed by atoms with Crippen molar-refractivity contribution < 1.29 is 19.4 Å². The van der Waals surface area contributed by atoms with Gasteiger partial charge in [0.25, 0.3) is 0 Å². The SMILES string of the molecule is CC(C)Nc1cccc(COc2cc(CCC(=O)O)cc(OCc3cccc(NC(C)C)c3)c2)c1. The highest BCUT2D eigenvalue weighted by Crippen LogP contribution is 2.26. The maximum atomic E-state index is 11.1. The molecular weight excluding hydrogens is 440 g/mol. The number of rotatable bonds is 13. The molecule has 186 valence electrons. The zero-order valence-electron chi connectivity index (χ0n) is 21.0. The second kappa shape index (κ2) is 12.7. The molecule has 0 amide bonds. The number of anilines is 2. The summed E-state index contributed by atoms with van der Waals surface area (Å²) < 4.78 is 12.2. The number of carboxylic acids is 1. The largest absolute Gasteiger partial charge is 0.489 e. The van der Waals surface area contributed by atoms with E-state index in [4.69, 9.17) is 14.6 Å². The molecule has 3 N–H and O–H groups in total. The summed E-state index contributed by atoms with van der Waals surface area (Å²) in [5.74, 6) is 0.475. The van der Waals surface area contributed by atoms with Crippen molar-refractivity contribution in [3.8, 4) is 11.5 Å². The third-order valence-corrected chi connectivity index (χ3v) is 5.14. The Bertz CT molecular complexity index is 1040. The lowest BCUT2D eigenvalue weighted by Gasteiger charge is -2.15. The average molecular weight is 477 g/mol. The van der Waals surface area contributed by atoms with Gasteiger partial charge in [-0.25, -0.2) is 0 Å². The number of ether oxygens (including phenoxy) is 2. The standard InChI is InChI=1S/C29H36N2O4/c1-20(2)30-25-9-5-7-23(13-25)18-34-27-15-22(11-12-29(32)33)16-28(17-27)35-19-24-8-6-10-26(14-24)31-21(3)4/h5-10,13-17,20-21,30-31H,11-12,18-19H2,1-4H3,(H,32,33). The van der Waals surface area contributed by atoms with Crippen molar-refractivity contribution in [1.29, 1.82) is 0 Å². The third kappa shape index (κ3) is 9.24. The van der Waals surface area contributed by atoms with Gasteiger partial charge in [0.05, 0.1) is 0 Å². The van der Waals surface area contributed by atoms with Gasteiger partial charge in [-0.3, -0.25) is 4.79 Å². The number of hydrogen-bond acceptors (Lipinski definition) is 5. The van der Waals surface area contributed by atoms with Crippen LogP contribution >= 0.6 is 0 Å². The Kier molecular flexibility index (Phi) is 9.41. The topological polar surface area (TPSA) is 79.8 Å². The molecule has 0 unspecified atom stereocenters. The van der Waals surface area contributed by atoms with Gasteiger partial charge in [0.15, 0.2) is 0 Å². The second-order valence-corrected chi connectivity index (χ2v) is 9.28. The molecular formula is C29H36N2O4. The Hall–Kier alpha value is -3.67. The molecule has 0 aliphatic heterocycles. The first kappa shape index (κ1) is 25.9. The molecule has 6 nitrogen and oxygen atoms in total. The van der Waals surface area contributed by atoms with Gasteiger partial charge >= 0.3 is 5.97 Å². The van der Waals surface area contributed by atoms with E-state index >= 15 is 0 Å². The molecule has 0 saturated carbocycles. The molecule has 0 aliphatic carbocycles. The molecule has 0 bridgehead atoms. The van der Waals surface area contributed by atoms with E-state index in [0.29, 0.717) is 43.2 Å². The molecule has 0 fully saturated rings. The molecule has 0 aromatic heterocycles. The smallest absolute Gasteiger partial charge is 0.303 e. The molecule has 0 radical (unpaired) electrons. The summed E-state index contributed by atoms with van der Waals surface area (Å²) in [5.41, 5.74) is 5.06. The summed E-state index contributed by atoms with van der Waals surface area (Å²) in [5, 5.41) is 15.9. The van der Waals surface area contributed by atoms with Crippen LogP contribution in [0.3, 0.4) is 0 Å². The highest BCUT2D eigenvalue weighted by molar-refractivity contribution is 5.67. The van der Waals surface area contributed by atoms with Crippen LogP contribution in [0, 0.1) is 0 Å². The van der Waals surface area contributed by atoms with Gasteiger partial charge in [-0.05, 0) is 87.2 Å². The van der Waals surface area contributed by atoms with E-state index in [1.807, 2.05) is 54.6 Å². The van der Waals surface area contributed by atoms with E-state index in [1.54, 1.807) is 0 Å². The van der Waals surface area contributed by atoms with Crippen LogP contribution in [-0.4, -0.2) is 23.2 Å². The van der Waals surface area contributed by atoms with Crippen molar-refractivity contribution in [2.45, 2.75) is 65.8 Å². The second-order valence-electron chi connectivity index (χ2n) is 9.28. The molecule has 0 atom stereocenters. The van der Waals surface area contributed by atoms with Gasteiger partial charge in [0.2, 0.25) is 0 Å². The summed E-state index contributed by atoms with van der Waals surface area (Å²) in [6.45, 7) is 9.21. The van der Waals surface area contributed by atoms with E-state index in [2.05, 4.69) is 50.5 Å². The van der Waals surface area contributed by atoms with Gasteiger partial charge in [0, 0.05) is 35.9 Å². The summed E-state index contributed by atoms with van der Waals surface area (Å²) in [6, 6.07) is 22.6. The number of carbonyl (C=O) groups is 1. The summed E-state index contributed by atoms with van der Waals surface area (Å²) in [7, 11) is 0. The monoisotopic (exact) mass is 476 g/mol. The quantitative estimate of drug-likeness (QED) is 0.261. The maximum Gasteiger partial charge on any atom is 0.303 e. The van der Waals surface area contributed by atoms with Crippen LogP contribution in [0.1, 0.15) is 50.8 Å². The van der Waals surface area contributed by atoms with Gasteiger partial charge in [0.1, 0.15) is 24.7 Å². The number of aryl methyl sites for hydroxylation is 1. The first-order valence-electron chi connectivity index (χ1n) is 12.1. The van der Waals surface area contributed by atoms with E-state index < -0.39 is 5.97 Å². The lowest BCUT2D eigenvalue weighted by molar-refractivity contribution is -0.136. The van der Waals surface area contributed by atoms with Gasteiger partial charge in [-0.1, -0.05) is 24.3 Å². The Morgan fingerprint density at radius 2 is 1.23 bits per heavy atom. The van der Waals surface area contributed by atoms with Crippen LogP contribution < -0.4 is 20.1 Å². The zero-order chi connectivity index (χ0) is 25.2. The lowest BCUT2D eigenvalue weighted by Crippen LogP contribution is -2.10. The summed E-state index contributed by atoms with van der Waals surface area (Å²) >= 11 is 0. The number of hydrogen-bond donors (Lipinski definition) is 3. The Balaban J connectivity index is 1.72. The van der Waals surface area contributed by atoms with Crippen molar-refractivity contribution in [1.82, 2.24) is 0 Å². The fourth-order valence-corrected chi connectivity index (χ4v) is 3.69. The van der Waals surface area contributed by atoms with Gasteiger partial charge in [-0.2, -0.15) is 0 Å². The minimum Gasteiger partial charge on any atom is -0.489 e. The Labute approximate surface area is 208 Å². The van der Waals surface area contributed by atoms with E-state index in [-0.39, 0.29) is 6.42 Å². The molecule has 3 aromatic rings. The minimum atomic E-state index is -0.831. The van der Waals surface area contributed by atoms with Crippen molar-refractivity contribution in [2.75, 3.05) is 10.6 Å². The van der Waals surface area contributed by atoms with Crippen LogP contribution in [0.5, 0.6) is 11.5 Å². The van der Waals surface area contributed by atoms with Crippen molar-refractivity contribution in [3.05, 3.63) is 83.4 Å². The number of aliphatic carboxylic acids is 1. The van der Waals surface area contributed by atoms with Crippen LogP contribution in [0.25, 0.3) is 0 Å². The lowest BCUT2D eigenvalue weighted by atomic mass is 10.1. The molecule has 35 heavy (non-hydrogen) atoms. The predicted molar refractivity (Wildman–Crippen MR) is 141 cm³/mol. The van der Waals surface area contributed by atoms with Crippen molar-refractivity contribution >= 4 is 17.3 Å². The molecule has 3 rings (SSSR count). The van der Waals surface area contributed by atoms with E-state index in [0.717, 1.165) is 28.1 Å². The molecule has 3 aromatic carbocycles. The van der Waals surface area contributed by atoms with Crippen LogP contribution in [0.2, 0.25) is 0 Å². The van der Waals surface area contributed by atoms with Crippen LogP contribution in [-0.2, 0) is 24.4 Å². The molecule has 0 spiro atoms. The highest BCUT2D eigenvalue weighted by atomic mass is 16.5. The zero-order valence-corrected chi connectivity index (χ0v) is 21.0. The summed E-state index contributed by atoms with van der Waals surface area (Å²) in [4.78, 5) is 11.1. The minimum absolute atomic E-state index is 0.0503. The van der Waals surface area contributed by atoms with Crippen molar-refractivity contribution in [3.63, 3.8) is 0 Å². The van der Waals surface area contributed by atoms with Gasteiger partial charge in [-0.15, -0.1) is 0 Å². The Morgan fingerprint density at radius 3 is 1.66 bits per heavy atom. The van der Waals surface area contributed by atoms with Crippen LogP contribution in [0.15, 0.2) is 66.7 Å². The summed E-state index contributed by atoms with van der Waals surface area (Å²) in [6.07, 6.45) is 0.458. The van der Waals surface area contributed by atoms with Gasteiger partial charge < -0.3 is 25.2 Å². The maximum absolute atomic E-state index is 11.1. The number of nitrogens with one attached hydrogen (secondary N) is 2. The fraction of sp³-hybridized carbons (Fsp3) is 0.345. The number of benzene rings is 3. The first-order valence-corrected chi connectivity index (χ1v) is 12.1. The highest BCUT2D eigenvalue weighted by Gasteiger charge is 2.08. The third-order valence-electron chi connectivity index (χ3n) is 5.14. The molecule has 0 heterocycles. The molecule has 0 saturated heterocycles. The normalized spacial score (nSPS) is 10.9. The number of carboxylic acid groups (broad SMARTS) is 1. The van der Waals surface area contributed by atoms with Crippen LogP contribution in [0.4, 0.5) is 11.4 Å². The predicted octanol–water partition coefficient (Wildman–Crippen LogP) is 6.50. The van der Waals surface area contributed by atoms with Crippen molar-refractivity contribution in [2.24, 2.45) is 0 Å². The fourth-order valence-electron chi connectivity index (χ4n) is 3.69. The van der Waals surface area contributed by atoms with E-state index in [1.165, 1.54) is 0 Å². The Morgan fingerprint density at radius 1 is 0.743 bits per heavy atom. The molecule has 6 heteroatoms. The molecule has 0 aliphatic rings. The first-order chi connectivity index (χ1) is 16.8. The average Bonchev–Trinajstić information content (AvgIpc) is 2.80.